The fourth-order valence-corrected chi connectivity index (χ4v) is 2.32. The van der Waals surface area contributed by atoms with Gasteiger partial charge in [-0.1, -0.05) is 18.2 Å². The van der Waals surface area contributed by atoms with Gasteiger partial charge in [-0.2, -0.15) is 0 Å². The molecule has 4 nitrogen and oxygen atoms in total. The number of para-hydroxylation sites is 1. The first kappa shape index (κ1) is 14.2. The molecule has 0 radical (unpaired) electrons. The molecule has 0 amide bonds. The number of fused-ring (bicyclic) bond motifs is 1. The van der Waals surface area contributed by atoms with Gasteiger partial charge in [0.25, 0.3) is 0 Å². The Kier molecular flexibility index (Phi) is 3.83. The van der Waals surface area contributed by atoms with Crippen molar-refractivity contribution >= 4 is 11.9 Å². The molecule has 0 aromatic heterocycles. The average Bonchev–Trinajstić information content (AvgIpc) is 2.85. The van der Waals surface area contributed by atoms with Crippen molar-refractivity contribution in [2.45, 2.75) is 6.92 Å². The average molecular weight is 296 g/mol. The van der Waals surface area contributed by atoms with E-state index in [2.05, 4.69) is 0 Å². The molecule has 0 saturated heterocycles. The van der Waals surface area contributed by atoms with E-state index in [1.165, 1.54) is 0 Å². The van der Waals surface area contributed by atoms with E-state index in [0.717, 1.165) is 11.3 Å². The molecule has 0 fully saturated rings. The van der Waals surface area contributed by atoms with E-state index in [-0.39, 0.29) is 11.5 Å². The van der Waals surface area contributed by atoms with E-state index in [9.17, 15) is 4.79 Å². The first-order valence-electron chi connectivity index (χ1n) is 7.07. The molecule has 0 bridgehead atoms. The fourth-order valence-electron chi connectivity index (χ4n) is 2.32. The highest BCUT2D eigenvalue weighted by Gasteiger charge is 2.27. The number of hydrogen-bond acceptors (Lipinski definition) is 4. The monoisotopic (exact) mass is 296 g/mol. The lowest BCUT2D eigenvalue weighted by Crippen LogP contribution is -1.99. The molecule has 0 N–H and O–H groups in total. The molecule has 1 aliphatic rings. The smallest absolute Gasteiger partial charge is 0.231 e. The van der Waals surface area contributed by atoms with E-state index in [1.807, 2.05) is 31.2 Å². The Morgan fingerprint density at radius 2 is 2.00 bits per heavy atom. The number of ketones is 1. The minimum Gasteiger partial charge on any atom is -0.497 e. The van der Waals surface area contributed by atoms with Gasteiger partial charge in [0.1, 0.15) is 17.2 Å². The van der Waals surface area contributed by atoms with Gasteiger partial charge < -0.3 is 14.2 Å². The van der Waals surface area contributed by atoms with Crippen molar-refractivity contribution in [1.82, 2.24) is 0 Å². The van der Waals surface area contributed by atoms with Crippen molar-refractivity contribution in [1.29, 1.82) is 0 Å². The summed E-state index contributed by atoms with van der Waals surface area (Å²) in [5.74, 6) is 2.05. The first-order valence-corrected chi connectivity index (χ1v) is 7.07. The summed E-state index contributed by atoms with van der Waals surface area (Å²) in [5, 5.41) is 0. The van der Waals surface area contributed by atoms with Crippen molar-refractivity contribution in [3.05, 3.63) is 59.4 Å². The summed E-state index contributed by atoms with van der Waals surface area (Å²) < 4.78 is 16.4. The van der Waals surface area contributed by atoms with Crippen molar-refractivity contribution < 1.29 is 19.0 Å². The lowest BCUT2D eigenvalue weighted by Gasteiger charge is -2.07. The van der Waals surface area contributed by atoms with Crippen LogP contribution in [0.4, 0.5) is 0 Å². The van der Waals surface area contributed by atoms with E-state index >= 15 is 0 Å². The normalized spacial score (nSPS) is 14.6. The Morgan fingerprint density at radius 1 is 1.18 bits per heavy atom. The van der Waals surface area contributed by atoms with E-state index in [1.54, 1.807) is 31.4 Å². The number of Topliss-reactive ketones (excluding diaryl/α,β-unsaturated/α-hetero) is 1. The van der Waals surface area contributed by atoms with E-state index in [4.69, 9.17) is 14.2 Å². The number of ether oxygens (including phenoxy) is 3. The molecule has 2 aromatic carbocycles. The molecule has 3 rings (SSSR count). The summed E-state index contributed by atoms with van der Waals surface area (Å²) in [6.45, 7) is 2.48. The van der Waals surface area contributed by atoms with E-state index in [0.29, 0.717) is 23.7 Å². The number of hydrogen-bond donors (Lipinski definition) is 0. The molecule has 0 saturated carbocycles. The van der Waals surface area contributed by atoms with Gasteiger partial charge in [0.05, 0.1) is 19.3 Å². The zero-order chi connectivity index (χ0) is 15.5. The number of allylic oxidation sites excluding steroid dienone is 1. The second kappa shape index (κ2) is 5.93. The molecule has 0 spiro atoms. The molecular formula is C18H16O4. The largest absolute Gasteiger partial charge is 0.497 e. The van der Waals surface area contributed by atoms with Gasteiger partial charge in [-0.15, -0.1) is 0 Å². The Hall–Kier alpha value is -2.75. The summed E-state index contributed by atoms with van der Waals surface area (Å²) in [6.07, 6.45) is 1.71. The van der Waals surface area contributed by atoms with Crippen LogP contribution in [0.1, 0.15) is 22.8 Å². The highest BCUT2D eigenvalue weighted by molar-refractivity contribution is 6.14. The summed E-state index contributed by atoms with van der Waals surface area (Å²) in [5.41, 5.74) is 1.36. The van der Waals surface area contributed by atoms with Gasteiger partial charge in [0, 0.05) is 11.6 Å². The molecule has 0 atom stereocenters. The zero-order valence-electron chi connectivity index (χ0n) is 12.5. The number of methoxy groups -OCH3 is 1. The third-order valence-electron chi connectivity index (χ3n) is 3.38. The molecule has 1 heterocycles. The maximum atomic E-state index is 12.4. The summed E-state index contributed by atoms with van der Waals surface area (Å²) in [7, 11) is 1.58. The van der Waals surface area contributed by atoms with Crippen molar-refractivity contribution in [3.63, 3.8) is 0 Å². The number of carbonyl (C=O) groups is 1. The van der Waals surface area contributed by atoms with Gasteiger partial charge in [-0.25, -0.2) is 0 Å². The van der Waals surface area contributed by atoms with Crippen LogP contribution in [0.5, 0.6) is 17.2 Å². The number of benzene rings is 2. The van der Waals surface area contributed by atoms with Crippen LogP contribution in [0.25, 0.3) is 6.08 Å². The van der Waals surface area contributed by atoms with Crippen LogP contribution < -0.4 is 14.2 Å². The maximum Gasteiger partial charge on any atom is 0.231 e. The maximum absolute atomic E-state index is 12.4. The molecule has 0 unspecified atom stereocenters. The Balaban J connectivity index is 1.96. The molecule has 2 aromatic rings. The second-order valence-corrected chi connectivity index (χ2v) is 4.77. The molecule has 112 valence electrons. The third kappa shape index (κ3) is 2.55. The van der Waals surface area contributed by atoms with Gasteiger partial charge >= 0.3 is 0 Å². The summed E-state index contributed by atoms with van der Waals surface area (Å²) >= 11 is 0. The van der Waals surface area contributed by atoms with Crippen molar-refractivity contribution in [2.24, 2.45) is 0 Å². The van der Waals surface area contributed by atoms with Crippen LogP contribution in [0, 0.1) is 0 Å². The van der Waals surface area contributed by atoms with Crippen LogP contribution in [-0.4, -0.2) is 19.5 Å². The minimum absolute atomic E-state index is 0.135. The number of rotatable bonds is 4. The lowest BCUT2D eigenvalue weighted by atomic mass is 10.1. The highest BCUT2D eigenvalue weighted by atomic mass is 16.5. The van der Waals surface area contributed by atoms with Crippen LogP contribution in [-0.2, 0) is 0 Å². The second-order valence-electron chi connectivity index (χ2n) is 4.77. The molecule has 22 heavy (non-hydrogen) atoms. The molecule has 0 aliphatic carbocycles. The lowest BCUT2D eigenvalue weighted by molar-refractivity contribution is 0.101. The van der Waals surface area contributed by atoms with Gasteiger partial charge in [0.2, 0.25) is 5.78 Å². The van der Waals surface area contributed by atoms with Crippen molar-refractivity contribution in [2.75, 3.05) is 13.7 Å². The quantitative estimate of drug-likeness (QED) is 0.807. The van der Waals surface area contributed by atoms with Gasteiger partial charge in [0.15, 0.2) is 5.76 Å². The molecule has 1 aliphatic heterocycles. The van der Waals surface area contributed by atoms with Crippen molar-refractivity contribution in [3.8, 4) is 17.2 Å². The number of carbonyl (C=O) groups excluding carboxylic acids is 1. The summed E-state index contributed by atoms with van der Waals surface area (Å²) in [4.78, 5) is 12.4. The van der Waals surface area contributed by atoms with Crippen LogP contribution in [0.15, 0.2) is 48.2 Å². The molecular weight excluding hydrogens is 280 g/mol. The first-order chi connectivity index (χ1) is 10.7. The Labute approximate surface area is 128 Å². The van der Waals surface area contributed by atoms with E-state index < -0.39 is 0 Å². The van der Waals surface area contributed by atoms with Gasteiger partial charge in [-0.3, -0.25) is 4.79 Å². The highest BCUT2D eigenvalue weighted by Crippen LogP contribution is 2.35. The predicted molar refractivity (Wildman–Crippen MR) is 83.5 cm³/mol. The minimum atomic E-state index is -0.135. The Bertz CT molecular complexity index is 747. The van der Waals surface area contributed by atoms with Crippen LogP contribution in [0.2, 0.25) is 0 Å². The molecule has 4 heteroatoms. The SMILES string of the molecule is CCOc1ccccc1/C=C1\Oc2cc(OC)ccc2C1=O. The Morgan fingerprint density at radius 3 is 2.77 bits per heavy atom. The topological polar surface area (TPSA) is 44.8 Å². The standard InChI is InChI=1S/C18H16O4/c1-3-21-15-7-5-4-6-12(15)10-17-18(19)14-9-8-13(20-2)11-16(14)22-17/h4-11H,3H2,1-2H3/b17-10-. The summed E-state index contributed by atoms with van der Waals surface area (Å²) in [6, 6.07) is 12.7. The predicted octanol–water partition coefficient (Wildman–Crippen LogP) is 3.71. The van der Waals surface area contributed by atoms with Gasteiger partial charge in [-0.05, 0) is 31.2 Å². The third-order valence-corrected chi connectivity index (χ3v) is 3.38. The fraction of sp³-hybridized carbons (Fsp3) is 0.167. The van der Waals surface area contributed by atoms with Crippen LogP contribution >= 0.6 is 0 Å². The van der Waals surface area contributed by atoms with Crippen LogP contribution in [0.3, 0.4) is 0 Å². The zero-order valence-corrected chi connectivity index (χ0v) is 12.5.